The van der Waals surface area contributed by atoms with E-state index in [0.29, 0.717) is 22.9 Å². The molecule has 7 nitrogen and oxygen atoms in total. The molecule has 0 saturated carbocycles. The standard InChI is InChI=1S/C18H22N2O5S2/c1-23-14-6-5-11(9-15(14)24-2)17-20-13(10-27-17)16(21)19-12(7-8-26-4)18(22)25-3/h5-6,9-10,12H,7-8H2,1-4H3,(H,19,21)/t12-/m0/s1. The summed E-state index contributed by atoms with van der Waals surface area (Å²) in [5, 5.41) is 5.02. The van der Waals surface area contributed by atoms with E-state index < -0.39 is 17.9 Å². The average Bonchev–Trinajstić information content (AvgIpc) is 3.20. The number of amides is 1. The van der Waals surface area contributed by atoms with Crippen molar-refractivity contribution in [2.24, 2.45) is 0 Å². The van der Waals surface area contributed by atoms with Gasteiger partial charge in [0.2, 0.25) is 0 Å². The highest BCUT2D eigenvalue weighted by atomic mass is 32.2. The molecule has 0 aliphatic rings. The highest BCUT2D eigenvalue weighted by molar-refractivity contribution is 7.98. The van der Waals surface area contributed by atoms with E-state index >= 15 is 0 Å². The quantitative estimate of drug-likeness (QED) is 0.636. The van der Waals surface area contributed by atoms with Crippen LogP contribution >= 0.6 is 23.1 Å². The van der Waals surface area contributed by atoms with Crippen molar-refractivity contribution >= 4 is 35.0 Å². The highest BCUT2D eigenvalue weighted by Gasteiger charge is 2.23. The van der Waals surface area contributed by atoms with E-state index in [1.54, 1.807) is 43.5 Å². The average molecular weight is 411 g/mol. The topological polar surface area (TPSA) is 86.8 Å². The molecule has 1 N–H and O–H groups in total. The summed E-state index contributed by atoms with van der Waals surface area (Å²) in [6, 6.07) is 4.73. The molecule has 2 aromatic rings. The number of methoxy groups -OCH3 is 3. The summed E-state index contributed by atoms with van der Waals surface area (Å²) in [4.78, 5) is 28.7. The molecule has 0 bridgehead atoms. The number of esters is 1. The molecule has 0 aliphatic heterocycles. The van der Waals surface area contributed by atoms with Crippen LogP contribution in [-0.2, 0) is 9.53 Å². The van der Waals surface area contributed by atoms with Gasteiger partial charge in [-0.3, -0.25) is 4.79 Å². The minimum atomic E-state index is -0.693. The van der Waals surface area contributed by atoms with Gasteiger partial charge in [0, 0.05) is 10.9 Å². The maximum absolute atomic E-state index is 12.5. The predicted octanol–water partition coefficient (Wildman–Crippen LogP) is 2.85. The zero-order valence-corrected chi connectivity index (χ0v) is 17.2. The molecular weight excluding hydrogens is 388 g/mol. The summed E-state index contributed by atoms with van der Waals surface area (Å²) in [6.07, 6.45) is 2.43. The van der Waals surface area contributed by atoms with Crippen LogP contribution in [0.4, 0.5) is 0 Å². The van der Waals surface area contributed by atoms with Crippen LogP contribution in [0.25, 0.3) is 10.6 Å². The fraction of sp³-hybridized carbons (Fsp3) is 0.389. The zero-order valence-electron chi connectivity index (χ0n) is 15.6. The number of aromatic nitrogens is 1. The van der Waals surface area contributed by atoms with E-state index in [9.17, 15) is 9.59 Å². The van der Waals surface area contributed by atoms with Gasteiger partial charge in [0.1, 0.15) is 16.7 Å². The van der Waals surface area contributed by atoms with Gasteiger partial charge in [-0.15, -0.1) is 11.3 Å². The van der Waals surface area contributed by atoms with Crippen molar-refractivity contribution in [2.75, 3.05) is 33.3 Å². The Hall–Kier alpha value is -2.26. The van der Waals surface area contributed by atoms with Crippen molar-refractivity contribution < 1.29 is 23.8 Å². The number of benzene rings is 1. The van der Waals surface area contributed by atoms with Gasteiger partial charge in [0.05, 0.1) is 21.3 Å². The molecule has 0 fully saturated rings. The van der Waals surface area contributed by atoms with Gasteiger partial charge >= 0.3 is 5.97 Å². The lowest BCUT2D eigenvalue weighted by molar-refractivity contribution is -0.142. The van der Waals surface area contributed by atoms with E-state index in [4.69, 9.17) is 14.2 Å². The van der Waals surface area contributed by atoms with Crippen molar-refractivity contribution in [1.29, 1.82) is 0 Å². The molecule has 146 valence electrons. The Bertz CT molecular complexity index is 794. The summed E-state index contributed by atoms with van der Waals surface area (Å²) in [5.41, 5.74) is 1.06. The minimum absolute atomic E-state index is 0.253. The van der Waals surface area contributed by atoms with E-state index in [1.165, 1.54) is 18.4 Å². The third-order valence-corrected chi connectivity index (χ3v) is 5.30. The fourth-order valence-corrected chi connectivity index (χ4v) is 3.61. The van der Waals surface area contributed by atoms with Crippen LogP contribution in [0.5, 0.6) is 11.5 Å². The first-order valence-corrected chi connectivity index (χ1v) is 10.4. The lowest BCUT2D eigenvalue weighted by Gasteiger charge is -2.15. The number of nitrogens with one attached hydrogen (secondary N) is 1. The largest absolute Gasteiger partial charge is 0.493 e. The van der Waals surface area contributed by atoms with Crippen LogP contribution in [0.2, 0.25) is 0 Å². The summed E-state index contributed by atoms with van der Waals surface area (Å²) in [7, 11) is 4.43. The Morgan fingerprint density at radius 1 is 1.22 bits per heavy atom. The van der Waals surface area contributed by atoms with Crippen LogP contribution in [0.15, 0.2) is 23.6 Å². The van der Waals surface area contributed by atoms with Gasteiger partial charge in [-0.2, -0.15) is 11.8 Å². The lowest BCUT2D eigenvalue weighted by Crippen LogP contribution is -2.42. The predicted molar refractivity (Wildman–Crippen MR) is 107 cm³/mol. The van der Waals surface area contributed by atoms with Gasteiger partial charge in [0.15, 0.2) is 11.5 Å². The zero-order chi connectivity index (χ0) is 19.8. The Morgan fingerprint density at radius 2 is 1.96 bits per heavy atom. The van der Waals surface area contributed by atoms with Crippen molar-refractivity contribution in [3.8, 4) is 22.1 Å². The molecule has 0 radical (unpaired) electrons. The molecule has 1 atom stereocenters. The van der Waals surface area contributed by atoms with Gasteiger partial charge in [-0.1, -0.05) is 0 Å². The minimum Gasteiger partial charge on any atom is -0.493 e. The number of hydrogen-bond acceptors (Lipinski definition) is 8. The third-order valence-electron chi connectivity index (χ3n) is 3.77. The van der Waals surface area contributed by atoms with Crippen LogP contribution in [-0.4, -0.2) is 56.2 Å². The van der Waals surface area contributed by atoms with Crippen LogP contribution in [0.3, 0.4) is 0 Å². The SMILES string of the molecule is COC(=O)[C@H](CCSC)NC(=O)c1csc(-c2ccc(OC)c(OC)c2)n1. The molecular formula is C18H22N2O5S2. The summed E-state index contributed by atoms with van der Waals surface area (Å²) in [6.45, 7) is 0. The first-order chi connectivity index (χ1) is 13.0. The van der Waals surface area contributed by atoms with Crippen molar-refractivity contribution in [1.82, 2.24) is 10.3 Å². The van der Waals surface area contributed by atoms with Crippen LogP contribution in [0, 0.1) is 0 Å². The first-order valence-electron chi connectivity index (χ1n) is 8.09. The molecule has 0 aliphatic carbocycles. The number of carbonyl (C=O) groups excluding carboxylic acids is 2. The Balaban J connectivity index is 2.16. The summed E-state index contributed by atoms with van der Waals surface area (Å²) in [5.74, 6) is 1.06. The van der Waals surface area contributed by atoms with Crippen molar-refractivity contribution in [3.05, 3.63) is 29.3 Å². The molecule has 1 aromatic carbocycles. The third kappa shape index (κ3) is 5.36. The molecule has 1 heterocycles. The molecule has 2 rings (SSSR count). The number of thiazole rings is 1. The van der Waals surface area contributed by atoms with Crippen molar-refractivity contribution in [3.63, 3.8) is 0 Å². The van der Waals surface area contributed by atoms with Crippen molar-refractivity contribution in [2.45, 2.75) is 12.5 Å². The molecule has 1 amide bonds. The lowest BCUT2D eigenvalue weighted by atomic mass is 10.2. The second-order valence-corrected chi connectivity index (χ2v) is 7.28. The smallest absolute Gasteiger partial charge is 0.328 e. The second kappa shape index (κ2) is 10.2. The van der Waals surface area contributed by atoms with Gasteiger partial charge in [-0.05, 0) is 36.6 Å². The molecule has 0 spiro atoms. The Labute approximate surface area is 166 Å². The van der Waals surface area contributed by atoms with Gasteiger partial charge in [0.25, 0.3) is 5.91 Å². The molecule has 1 aromatic heterocycles. The maximum atomic E-state index is 12.5. The maximum Gasteiger partial charge on any atom is 0.328 e. The van der Waals surface area contributed by atoms with E-state index in [-0.39, 0.29) is 5.69 Å². The van der Waals surface area contributed by atoms with Crippen LogP contribution < -0.4 is 14.8 Å². The Morgan fingerprint density at radius 3 is 2.59 bits per heavy atom. The number of hydrogen-bond donors (Lipinski definition) is 1. The molecule has 9 heteroatoms. The highest BCUT2D eigenvalue weighted by Crippen LogP contribution is 2.33. The Kier molecular flexibility index (Phi) is 7.93. The number of nitrogens with zero attached hydrogens (tertiary/aromatic N) is 1. The first kappa shape index (κ1) is 21.0. The normalized spacial score (nSPS) is 11.6. The summed E-state index contributed by atoms with van der Waals surface area (Å²) >= 11 is 2.93. The summed E-state index contributed by atoms with van der Waals surface area (Å²) < 4.78 is 15.3. The molecule has 0 saturated heterocycles. The molecule has 27 heavy (non-hydrogen) atoms. The number of thioether (sulfide) groups is 1. The second-order valence-electron chi connectivity index (χ2n) is 5.44. The number of rotatable bonds is 9. The van der Waals surface area contributed by atoms with E-state index in [1.807, 2.05) is 12.3 Å². The van der Waals surface area contributed by atoms with Gasteiger partial charge in [-0.25, -0.2) is 9.78 Å². The van der Waals surface area contributed by atoms with E-state index in [0.717, 1.165) is 11.3 Å². The van der Waals surface area contributed by atoms with Crippen LogP contribution in [0.1, 0.15) is 16.9 Å². The van der Waals surface area contributed by atoms with Gasteiger partial charge < -0.3 is 19.5 Å². The number of ether oxygens (including phenoxy) is 3. The number of carbonyl (C=O) groups is 2. The fourth-order valence-electron chi connectivity index (χ4n) is 2.34. The molecule has 0 unspecified atom stereocenters. The van der Waals surface area contributed by atoms with E-state index in [2.05, 4.69) is 10.3 Å². The monoisotopic (exact) mass is 410 g/mol.